The number of aromatic nitrogens is 2. The fraction of sp³-hybridized carbons (Fsp3) is 0.412. The van der Waals surface area contributed by atoms with Gasteiger partial charge in [-0.2, -0.15) is 4.31 Å². The van der Waals surface area contributed by atoms with Gasteiger partial charge in [-0.05, 0) is 37.8 Å². The Bertz CT molecular complexity index is 837. The molecule has 1 aromatic carbocycles. The highest BCUT2D eigenvalue weighted by atomic mass is 32.2. The summed E-state index contributed by atoms with van der Waals surface area (Å²) in [5, 5.41) is 0. The predicted molar refractivity (Wildman–Crippen MR) is 90.1 cm³/mol. The number of nitrogens with zero attached hydrogens (tertiary/aromatic N) is 3. The molecule has 1 aromatic heterocycles. The molecule has 1 aliphatic heterocycles. The van der Waals surface area contributed by atoms with E-state index in [1.165, 1.54) is 28.8 Å². The first-order valence-corrected chi connectivity index (χ1v) is 9.57. The first kappa shape index (κ1) is 17.8. The zero-order chi connectivity index (χ0) is 17.9. The van der Waals surface area contributed by atoms with Crippen LogP contribution in [0.3, 0.4) is 0 Å². The summed E-state index contributed by atoms with van der Waals surface area (Å²) in [6, 6.07) is 7.24. The molecule has 2 aromatic rings. The van der Waals surface area contributed by atoms with Crippen molar-refractivity contribution in [2.24, 2.45) is 5.92 Å². The molecular formula is C17H20FN3O3S. The lowest BCUT2D eigenvalue weighted by Crippen LogP contribution is -2.40. The molecule has 0 N–H and O–H groups in total. The summed E-state index contributed by atoms with van der Waals surface area (Å²) < 4.78 is 46.0. The second kappa shape index (κ2) is 7.45. The van der Waals surface area contributed by atoms with Crippen molar-refractivity contribution in [3.05, 3.63) is 48.2 Å². The molecule has 0 atom stereocenters. The number of aryl methyl sites for hydroxylation is 1. The van der Waals surface area contributed by atoms with E-state index in [-0.39, 0.29) is 10.8 Å². The Labute approximate surface area is 146 Å². The monoisotopic (exact) mass is 365 g/mol. The number of rotatable bonds is 5. The molecule has 0 saturated carbocycles. The molecule has 1 saturated heterocycles. The van der Waals surface area contributed by atoms with E-state index in [4.69, 9.17) is 4.74 Å². The fourth-order valence-corrected chi connectivity index (χ4v) is 4.36. The van der Waals surface area contributed by atoms with Gasteiger partial charge < -0.3 is 4.74 Å². The number of hydrogen-bond donors (Lipinski definition) is 0. The van der Waals surface area contributed by atoms with Gasteiger partial charge in [0.2, 0.25) is 15.9 Å². The van der Waals surface area contributed by atoms with Gasteiger partial charge in [0.25, 0.3) is 0 Å². The highest BCUT2D eigenvalue weighted by Crippen LogP contribution is 2.25. The molecule has 134 valence electrons. The third-order valence-corrected chi connectivity index (χ3v) is 6.21. The molecule has 0 aliphatic carbocycles. The summed E-state index contributed by atoms with van der Waals surface area (Å²) in [5.41, 5.74) is 0.829. The van der Waals surface area contributed by atoms with E-state index in [1.807, 2.05) is 6.92 Å². The third kappa shape index (κ3) is 4.13. The van der Waals surface area contributed by atoms with Crippen molar-refractivity contribution in [2.45, 2.75) is 24.7 Å². The Hall–Kier alpha value is -2.06. The van der Waals surface area contributed by atoms with Crippen molar-refractivity contribution in [3.63, 3.8) is 0 Å². The molecule has 0 spiro atoms. The quantitative estimate of drug-likeness (QED) is 0.814. The fourth-order valence-electron chi connectivity index (χ4n) is 2.82. The number of piperidine rings is 1. The predicted octanol–water partition coefficient (Wildman–Crippen LogP) is 2.40. The van der Waals surface area contributed by atoms with Crippen LogP contribution in [0.2, 0.25) is 0 Å². The normalized spacial score (nSPS) is 16.7. The number of ether oxygens (including phenoxy) is 1. The van der Waals surface area contributed by atoms with E-state index in [0.717, 1.165) is 11.8 Å². The maximum Gasteiger partial charge on any atom is 0.245 e. The van der Waals surface area contributed by atoms with Crippen molar-refractivity contribution in [1.82, 2.24) is 14.3 Å². The number of hydrogen-bond acceptors (Lipinski definition) is 5. The maximum absolute atomic E-state index is 13.8. The average Bonchev–Trinajstić information content (AvgIpc) is 2.61. The Morgan fingerprint density at radius 1 is 1.24 bits per heavy atom. The molecule has 0 amide bonds. The second-order valence-corrected chi connectivity index (χ2v) is 7.99. The smallest absolute Gasteiger partial charge is 0.245 e. The van der Waals surface area contributed by atoms with E-state index in [2.05, 4.69) is 9.97 Å². The lowest BCUT2D eigenvalue weighted by atomic mass is 9.99. The zero-order valence-electron chi connectivity index (χ0n) is 13.9. The van der Waals surface area contributed by atoms with Crippen molar-refractivity contribution in [2.75, 3.05) is 19.7 Å². The highest BCUT2D eigenvalue weighted by Gasteiger charge is 2.31. The van der Waals surface area contributed by atoms with Crippen LogP contribution in [-0.4, -0.2) is 42.4 Å². The van der Waals surface area contributed by atoms with Crippen LogP contribution in [0.15, 0.2) is 41.6 Å². The van der Waals surface area contributed by atoms with Crippen molar-refractivity contribution >= 4 is 10.0 Å². The first-order chi connectivity index (χ1) is 12.0. The Morgan fingerprint density at radius 2 is 1.96 bits per heavy atom. The Morgan fingerprint density at radius 3 is 2.64 bits per heavy atom. The van der Waals surface area contributed by atoms with Crippen molar-refractivity contribution in [3.8, 4) is 5.88 Å². The van der Waals surface area contributed by atoms with Crippen LogP contribution in [0.5, 0.6) is 5.88 Å². The van der Waals surface area contributed by atoms with E-state index < -0.39 is 15.8 Å². The Balaban J connectivity index is 1.57. The molecule has 2 heterocycles. The van der Waals surface area contributed by atoms with E-state index in [9.17, 15) is 12.8 Å². The van der Waals surface area contributed by atoms with Crippen LogP contribution in [0.1, 0.15) is 18.5 Å². The van der Waals surface area contributed by atoms with Gasteiger partial charge in [0.05, 0.1) is 6.61 Å². The molecule has 1 fully saturated rings. The lowest BCUT2D eigenvalue weighted by Gasteiger charge is -2.31. The molecule has 6 nitrogen and oxygen atoms in total. The summed E-state index contributed by atoms with van der Waals surface area (Å²) >= 11 is 0. The minimum Gasteiger partial charge on any atom is -0.477 e. The number of benzene rings is 1. The van der Waals surface area contributed by atoms with Crippen LogP contribution in [0, 0.1) is 18.7 Å². The van der Waals surface area contributed by atoms with Gasteiger partial charge in [0.1, 0.15) is 17.0 Å². The van der Waals surface area contributed by atoms with Crippen LogP contribution in [0.25, 0.3) is 0 Å². The third-order valence-electron chi connectivity index (χ3n) is 4.27. The van der Waals surface area contributed by atoms with E-state index in [1.54, 1.807) is 6.07 Å². The maximum atomic E-state index is 13.8. The summed E-state index contributed by atoms with van der Waals surface area (Å²) in [4.78, 5) is 7.80. The van der Waals surface area contributed by atoms with Crippen LogP contribution >= 0.6 is 0 Å². The molecule has 0 bridgehead atoms. The molecular weight excluding hydrogens is 345 g/mol. The summed E-state index contributed by atoms with van der Waals surface area (Å²) in [6.45, 7) is 3.05. The van der Waals surface area contributed by atoms with Crippen molar-refractivity contribution in [1.29, 1.82) is 0 Å². The van der Waals surface area contributed by atoms with Crippen molar-refractivity contribution < 1.29 is 17.5 Å². The molecule has 1 aliphatic rings. The van der Waals surface area contributed by atoms with Gasteiger partial charge in [0.15, 0.2) is 0 Å². The van der Waals surface area contributed by atoms with Crippen LogP contribution in [0.4, 0.5) is 4.39 Å². The van der Waals surface area contributed by atoms with E-state index in [0.29, 0.717) is 38.4 Å². The second-order valence-electron chi connectivity index (χ2n) is 6.09. The van der Waals surface area contributed by atoms with Gasteiger partial charge in [-0.3, -0.25) is 0 Å². The number of sulfonamides is 1. The molecule has 0 radical (unpaired) electrons. The van der Waals surface area contributed by atoms with Gasteiger partial charge in [-0.25, -0.2) is 22.8 Å². The first-order valence-electron chi connectivity index (χ1n) is 8.13. The van der Waals surface area contributed by atoms with E-state index >= 15 is 0 Å². The minimum absolute atomic E-state index is 0.238. The van der Waals surface area contributed by atoms with Crippen LogP contribution in [-0.2, 0) is 10.0 Å². The number of halogens is 1. The largest absolute Gasteiger partial charge is 0.477 e. The van der Waals surface area contributed by atoms with Gasteiger partial charge in [-0.15, -0.1) is 0 Å². The summed E-state index contributed by atoms with van der Waals surface area (Å²) in [5.74, 6) is 0.0448. The van der Waals surface area contributed by atoms with Crippen LogP contribution < -0.4 is 4.74 Å². The summed E-state index contributed by atoms with van der Waals surface area (Å²) in [7, 11) is -3.79. The Kier molecular flexibility index (Phi) is 5.29. The molecule has 8 heteroatoms. The zero-order valence-corrected chi connectivity index (χ0v) is 14.7. The molecule has 3 rings (SSSR count). The molecule has 25 heavy (non-hydrogen) atoms. The van der Waals surface area contributed by atoms with Gasteiger partial charge in [0, 0.05) is 24.8 Å². The molecule has 0 unspecified atom stereocenters. The lowest BCUT2D eigenvalue weighted by molar-refractivity contribution is 0.180. The SMILES string of the molecule is Cc1cc(OCC2CCN(S(=O)(=O)c3ccccc3F)CC2)ncn1. The van der Waals surface area contributed by atoms with Gasteiger partial charge in [-0.1, -0.05) is 12.1 Å². The highest BCUT2D eigenvalue weighted by molar-refractivity contribution is 7.89. The minimum atomic E-state index is -3.79. The summed E-state index contributed by atoms with van der Waals surface area (Å²) in [6.07, 6.45) is 2.78. The van der Waals surface area contributed by atoms with Gasteiger partial charge >= 0.3 is 0 Å². The topological polar surface area (TPSA) is 72.4 Å². The standard InChI is InChI=1S/C17H20FN3O3S/c1-13-10-17(20-12-19-13)24-11-14-6-8-21(9-7-14)25(22,23)16-5-3-2-4-15(16)18/h2-5,10,12,14H,6-9,11H2,1H3. The average molecular weight is 365 g/mol.